The highest BCUT2D eigenvalue weighted by Gasteiger charge is 2.44. The number of carbonyl (C=O) groups excluding carboxylic acids is 2. The molecule has 0 spiro atoms. The van der Waals surface area contributed by atoms with E-state index < -0.39 is 41.3 Å². The predicted molar refractivity (Wildman–Crippen MR) is 110 cm³/mol. The fraction of sp³-hybridized carbons (Fsp3) is 0.417. The molecule has 4 rings (SSSR count). The molecule has 9 heteroatoms. The molecule has 2 aliphatic rings. The molecule has 33 heavy (non-hydrogen) atoms. The second-order valence-corrected chi connectivity index (χ2v) is 8.41. The first-order chi connectivity index (χ1) is 15.7. The lowest BCUT2D eigenvalue weighted by atomic mass is 9.76. The minimum absolute atomic E-state index is 0.134. The van der Waals surface area contributed by atoms with E-state index in [2.05, 4.69) is 4.74 Å². The van der Waals surface area contributed by atoms with Crippen molar-refractivity contribution in [2.24, 2.45) is 5.92 Å². The van der Waals surface area contributed by atoms with E-state index in [-0.39, 0.29) is 18.7 Å². The van der Waals surface area contributed by atoms with Gasteiger partial charge >= 0.3 is 12.5 Å². The fourth-order valence-electron chi connectivity index (χ4n) is 4.80. The molecule has 0 radical (unpaired) electrons. The van der Waals surface area contributed by atoms with Crippen molar-refractivity contribution in [3.63, 3.8) is 0 Å². The van der Waals surface area contributed by atoms with Gasteiger partial charge in [0.1, 0.15) is 18.2 Å². The van der Waals surface area contributed by atoms with E-state index in [0.717, 1.165) is 30.2 Å². The van der Waals surface area contributed by atoms with Crippen LogP contribution in [0, 0.1) is 11.7 Å². The van der Waals surface area contributed by atoms with E-state index in [1.165, 1.54) is 0 Å². The highest BCUT2D eigenvalue weighted by atomic mass is 19.4. The monoisotopic (exact) mass is 465 g/mol. The molecule has 2 fully saturated rings. The molecule has 5 nitrogen and oxygen atoms in total. The molecule has 2 bridgehead atoms. The zero-order valence-corrected chi connectivity index (χ0v) is 17.7. The van der Waals surface area contributed by atoms with Gasteiger partial charge in [-0.3, -0.25) is 4.79 Å². The molecule has 2 heterocycles. The molecule has 2 aromatic carbocycles. The zero-order valence-electron chi connectivity index (χ0n) is 17.7. The number of hydrogen-bond donors (Lipinski definition) is 0. The summed E-state index contributed by atoms with van der Waals surface area (Å²) in [5.74, 6) is -2.72. The van der Waals surface area contributed by atoms with Gasteiger partial charge in [0.15, 0.2) is 5.78 Å². The number of fused-ring (bicyclic) bond motifs is 2. The van der Waals surface area contributed by atoms with Gasteiger partial charge in [0, 0.05) is 18.0 Å². The number of alkyl halides is 3. The number of rotatable bonds is 5. The van der Waals surface area contributed by atoms with Crippen molar-refractivity contribution in [3.05, 3.63) is 65.5 Å². The molecule has 0 N–H and O–H groups in total. The predicted octanol–water partition coefficient (Wildman–Crippen LogP) is 5.88. The van der Waals surface area contributed by atoms with Gasteiger partial charge in [0.2, 0.25) is 0 Å². The minimum atomic E-state index is -4.94. The molecule has 2 aliphatic heterocycles. The molecule has 1 amide bonds. The number of Topliss-reactive ketones (excluding diaryl/α,β-unsaturated/α-hetero) is 1. The van der Waals surface area contributed by atoms with E-state index in [1.54, 1.807) is 4.90 Å². The fourth-order valence-corrected chi connectivity index (χ4v) is 4.80. The van der Waals surface area contributed by atoms with Crippen molar-refractivity contribution in [1.29, 1.82) is 0 Å². The summed E-state index contributed by atoms with van der Waals surface area (Å²) in [6.45, 7) is 0.134. The third-order valence-electron chi connectivity index (χ3n) is 6.20. The Labute approximate surface area is 188 Å². The second-order valence-electron chi connectivity index (χ2n) is 8.41. The summed E-state index contributed by atoms with van der Waals surface area (Å²) in [6, 6.07) is 11.2. The maximum absolute atomic E-state index is 14.3. The van der Waals surface area contributed by atoms with Crippen LogP contribution in [-0.2, 0) is 11.3 Å². The molecule has 0 saturated carbocycles. The van der Waals surface area contributed by atoms with Crippen molar-refractivity contribution >= 4 is 11.9 Å². The average Bonchev–Trinajstić information content (AvgIpc) is 2.77. The molecule has 176 valence electrons. The summed E-state index contributed by atoms with van der Waals surface area (Å²) in [5, 5.41) is 0. The van der Waals surface area contributed by atoms with Gasteiger partial charge in [0.05, 0.1) is 5.56 Å². The van der Waals surface area contributed by atoms with Gasteiger partial charge in [-0.2, -0.15) is 0 Å². The number of hydrogen-bond acceptors (Lipinski definition) is 4. The highest BCUT2D eigenvalue weighted by molar-refractivity contribution is 5.98. The van der Waals surface area contributed by atoms with Crippen LogP contribution < -0.4 is 4.74 Å². The number of benzene rings is 2. The van der Waals surface area contributed by atoms with Crippen molar-refractivity contribution in [2.75, 3.05) is 0 Å². The normalized spacial score (nSPS) is 22.5. The number of ketones is 1. The van der Waals surface area contributed by atoms with Crippen LogP contribution in [0.1, 0.15) is 48.0 Å². The molecule has 2 aromatic rings. The Kier molecular flexibility index (Phi) is 6.58. The van der Waals surface area contributed by atoms with Crippen LogP contribution in [0.4, 0.5) is 22.4 Å². The van der Waals surface area contributed by atoms with Crippen LogP contribution in [0.3, 0.4) is 0 Å². The summed E-state index contributed by atoms with van der Waals surface area (Å²) in [4.78, 5) is 27.5. The van der Waals surface area contributed by atoms with E-state index in [9.17, 15) is 27.2 Å². The molecule has 2 atom stereocenters. The van der Waals surface area contributed by atoms with Crippen LogP contribution in [0.25, 0.3) is 0 Å². The third-order valence-corrected chi connectivity index (χ3v) is 6.20. The first-order valence-corrected chi connectivity index (χ1v) is 10.8. The summed E-state index contributed by atoms with van der Waals surface area (Å²) in [6.07, 6.45) is -2.53. The van der Waals surface area contributed by atoms with Gasteiger partial charge in [-0.25, -0.2) is 9.18 Å². The number of piperidine rings is 2. The Bertz CT molecular complexity index is 997. The Balaban J connectivity index is 1.45. The van der Waals surface area contributed by atoms with Crippen LogP contribution in [-0.4, -0.2) is 35.2 Å². The maximum Gasteiger partial charge on any atom is 0.573 e. The molecule has 0 aliphatic carbocycles. The van der Waals surface area contributed by atoms with Crippen LogP contribution in [0.15, 0.2) is 48.5 Å². The average molecular weight is 465 g/mol. The number of ether oxygens (including phenoxy) is 2. The van der Waals surface area contributed by atoms with Gasteiger partial charge in [-0.1, -0.05) is 30.3 Å². The van der Waals surface area contributed by atoms with E-state index >= 15 is 0 Å². The number of nitrogens with zero attached hydrogens (tertiary/aromatic N) is 1. The minimum Gasteiger partial charge on any atom is -0.445 e. The Morgan fingerprint density at radius 3 is 2.30 bits per heavy atom. The topological polar surface area (TPSA) is 55.8 Å². The first kappa shape index (κ1) is 23.1. The number of amides is 1. The summed E-state index contributed by atoms with van der Waals surface area (Å²) in [7, 11) is 0. The molecule has 0 aromatic heterocycles. The quantitative estimate of drug-likeness (QED) is 0.409. The highest BCUT2D eigenvalue weighted by Crippen LogP contribution is 2.39. The Morgan fingerprint density at radius 1 is 1.00 bits per heavy atom. The molecular formula is C24H23F4NO4. The number of halogens is 4. The van der Waals surface area contributed by atoms with Crippen LogP contribution >= 0.6 is 0 Å². The maximum atomic E-state index is 14.3. The second kappa shape index (κ2) is 9.41. The molecule has 2 unspecified atom stereocenters. The lowest BCUT2D eigenvalue weighted by Crippen LogP contribution is -2.55. The summed E-state index contributed by atoms with van der Waals surface area (Å²) < 4.78 is 61.2. The number of carbonyl (C=O) groups is 2. The first-order valence-electron chi connectivity index (χ1n) is 10.8. The Hall–Kier alpha value is -3.10. The van der Waals surface area contributed by atoms with Crippen molar-refractivity contribution in [2.45, 2.75) is 57.2 Å². The summed E-state index contributed by atoms with van der Waals surface area (Å²) >= 11 is 0. The lowest BCUT2D eigenvalue weighted by Gasteiger charge is -2.47. The van der Waals surface area contributed by atoms with Crippen molar-refractivity contribution in [3.8, 4) is 5.75 Å². The van der Waals surface area contributed by atoms with Gasteiger partial charge in [0.25, 0.3) is 0 Å². The largest absolute Gasteiger partial charge is 0.573 e. The summed E-state index contributed by atoms with van der Waals surface area (Å²) in [5.41, 5.74) is 0.428. The van der Waals surface area contributed by atoms with Gasteiger partial charge < -0.3 is 14.4 Å². The van der Waals surface area contributed by atoms with Gasteiger partial charge in [-0.05, 0) is 55.9 Å². The SMILES string of the molecule is O=C(c1cc(OC(F)(F)F)ccc1F)C1CC2CCCC(C1)N2C(=O)OCc1ccccc1. The van der Waals surface area contributed by atoms with E-state index in [0.29, 0.717) is 25.7 Å². The third kappa shape index (κ3) is 5.46. The standard InChI is InChI=1S/C24H23F4NO4/c25-21-10-9-19(33-24(26,27)28)13-20(21)22(30)16-11-17-7-4-8-18(12-16)29(17)23(31)32-14-15-5-2-1-3-6-15/h1-3,5-6,9-10,13,16-18H,4,7-8,11-12,14H2. The van der Waals surface area contributed by atoms with Crippen LogP contribution in [0.5, 0.6) is 5.75 Å². The lowest BCUT2D eigenvalue weighted by molar-refractivity contribution is -0.274. The van der Waals surface area contributed by atoms with E-state index in [1.807, 2.05) is 30.3 Å². The van der Waals surface area contributed by atoms with E-state index in [4.69, 9.17) is 4.74 Å². The van der Waals surface area contributed by atoms with Crippen molar-refractivity contribution < 1.29 is 36.6 Å². The van der Waals surface area contributed by atoms with Gasteiger partial charge in [-0.15, -0.1) is 13.2 Å². The molecular weight excluding hydrogens is 442 g/mol. The van der Waals surface area contributed by atoms with Crippen molar-refractivity contribution in [1.82, 2.24) is 4.90 Å². The van der Waals surface area contributed by atoms with Crippen LogP contribution in [0.2, 0.25) is 0 Å². The molecule has 2 saturated heterocycles. The zero-order chi connectivity index (χ0) is 23.6. The smallest absolute Gasteiger partial charge is 0.445 e. The Morgan fingerprint density at radius 2 is 1.67 bits per heavy atom.